The minimum absolute atomic E-state index is 0.146. The van der Waals surface area contributed by atoms with E-state index in [1.165, 1.54) is 11.1 Å². The lowest BCUT2D eigenvalue weighted by Gasteiger charge is -2.51. The molecule has 132 valence electrons. The van der Waals surface area contributed by atoms with Crippen LogP contribution in [0.15, 0.2) is 72.8 Å². The Morgan fingerprint density at radius 2 is 1.46 bits per heavy atom. The number of aliphatic carboxylic acids is 1. The lowest BCUT2D eigenvalue weighted by Crippen LogP contribution is -2.53. The number of carboxylic acid groups (broad SMARTS) is 1. The summed E-state index contributed by atoms with van der Waals surface area (Å²) in [7, 11) is 0. The molecule has 0 amide bonds. The number of anilines is 2. The maximum absolute atomic E-state index is 12.1. The van der Waals surface area contributed by atoms with Crippen LogP contribution in [-0.4, -0.2) is 16.6 Å². The number of nitrogens with zero attached hydrogens (tertiary/aromatic N) is 1. The molecule has 0 spiro atoms. The SMILES string of the molecule is CC1(C)c2ccccc2N(C2(C)C=CC=CC2C(=O)O)c2ccccc21. The fraction of sp³-hybridized carbons (Fsp3) is 0.261. The molecule has 0 saturated carbocycles. The molecule has 1 N–H and O–H groups in total. The maximum Gasteiger partial charge on any atom is 0.313 e. The van der Waals surface area contributed by atoms with Crippen molar-refractivity contribution in [1.82, 2.24) is 0 Å². The Hall–Kier alpha value is -2.81. The van der Waals surface area contributed by atoms with Crippen molar-refractivity contribution in [2.24, 2.45) is 5.92 Å². The highest BCUT2D eigenvalue weighted by Gasteiger charge is 2.47. The highest BCUT2D eigenvalue weighted by Crippen LogP contribution is 2.53. The molecule has 1 aliphatic heterocycles. The Bertz CT molecular complexity index is 891. The second-order valence-corrected chi connectivity index (χ2v) is 7.78. The van der Waals surface area contributed by atoms with E-state index in [1.807, 2.05) is 37.3 Å². The lowest BCUT2D eigenvalue weighted by atomic mass is 9.70. The van der Waals surface area contributed by atoms with Crippen LogP contribution in [0.4, 0.5) is 11.4 Å². The number of carbonyl (C=O) groups is 1. The van der Waals surface area contributed by atoms with Gasteiger partial charge in [-0.2, -0.15) is 0 Å². The predicted molar refractivity (Wildman–Crippen MR) is 105 cm³/mol. The standard InChI is InChI=1S/C23H23NO2/c1-22(2)16-10-4-6-13-19(16)24(20-14-7-5-11-17(20)22)23(3)15-9-8-12-18(23)21(25)26/h4-15,18H,1-3H3,(H,25,26). The zero-order valence-electron chi connectivity index (χ0n) is 15.3. The molecular formula is C23H23NO2. The zero-order valence-corrected chi connectivity index (χ0v) is 15.3. The molecule has 2 atom stereocenters. The van der Waals surface area contributed by atoms with Gasteiger partial charge in [0.05, 0.1) is 5.54 Å². The van der Waals surface area contributed by atoms with Crippen molar-refractivity contribution in [2.45, 2.75) is 31.7 Å². The van der Waals surface area contributed by atoms with Crippen LogP contribution in [-0.2, 0) is 10.2 Å². The van der Waals surface area contributed by atoms with Gasteiger partial charge < -0.3 is 10.0 Å². The van der Waals surface area contributed by atoms with Crippen molar-refractivity contribution in [3.63, 3.8) is 0 Å². The van der Waals surface area contributed by atoms with E-state index < -0.39 is 17.4 Å². The van der Waals surface area contributed by atoms with Gasteiger partial charge in [-0.05, 0) is 30.2 Å². The third-order valence-electron chi connectivity index (χ3n) is 5.86. The second kappa shape index (κ2) is 5.60. The van der Waals surface area contributed by atoms with Gasteiger partial charge in [0, 0.05) is 16.8 Å². The summed E-state index contributed by atoms with van der Waals surface area (Å²) in [5, 5.41) is 9.89. The molecule has 0 aromatic heterocycles. The topological polar surface area (TPSA) is 40.5 Å². The maximum atomic E-state index is 12.1. The average Bonchev–Trinajstić information content (AvgIpc) is 2.62. The molecule has 1 heterocycles. The summed E-state index contributed by atoms with van der Waals surface area (Å²) in [4.78, 5) is 14.3. The first-order valence-electron chi connectivity index (χ1n) is 8.95. The van der Waals surface area contributed by atoms with Crippen LogP contribution in [0.2, 0.25) is 0 Å². The van der Waals surface area contributed by atoms with E-state index >= 15 is 0 Å². The Kier molecular flexibility index (Phi) is 3.58. The van der Waals surface area contributed by atoms with E-state index in [9.17, 15) is 9.90 Å². The van der Waals surface area contributed by atoms with Gasteiger partial charge in [-0.1, -0.05) is 74.5 Å². The molecule has 0 bridgehead atoms. The fourth-order valence-corrected chi connectivity index (χ4v) is 4.46. The van der Waals surface area contributed by atoms with Crippen molar-refractivity contribution < 1.29 is 9.90 Å². The largest absolute Gasteiger partial charge is 0.481 e. The summed E-state index contributed by atoms with van der Waals surface area (Å²) >= 11 is 0. The summed E-state index contributed by atoms with van der Waals surface area (Å²) in [6, 6.07) is 16.7. The van der Waals surface area contributed by atoms with Crippen molar-refractivity contribution in [1.29, 1.82) is 0 Å². The van der Waals surface area contributed by atoms with Gasteiger partial charge in [-0.15, -0.1) is 0 Å². The van der Waals surface area contributed by atoms with E-state index in [4.69, 9.17) is 0 Å². The second-order valence-electron chi connectivity index (χ2n) is 7.78. The molecule has 0 fully saturated rings. The van der Waals surface area contributed by atoms with Crippen LogP contribution in [0.5, 0.6) is 0 Å². The third kappa shape index (κ3) is 2.16. The first-order chi connectivity index (χ1) is 12.4. The number of carboxylic acids is 1. The fourth-order valence-electron chi connectivity index (χ4n) is 4.46. The van der Waals surface area contributed by atoms with Crippen LogP contribution in [0.25, 0.3) is 0 Å². The number of hydrogen-bond acceptors (Lipinski definition) is 2. The molecule has 4 rings (SSSR count). The van der Waals surface area contributed by atoms with Crippen LogP contribution in [0, 0.1) is 5.92 Å². The van der Waals surface area contributed by atoms with Crippen molar-refractivity contribution in [3.05, 3.63) is 84.0 Å². The summed E-state index contributed by atoms with van der Waals surface area (Å²) in [5.41, 5.74) is 3.74. The van der Waals surface area contributed by atoms with Gasteiger partial charge in [-0.3, -0.25) is 4.79 Å². The molecule has 2 aromatic rings. The normalized spacial score (nSPS) is 25.5. The quantitative estimate of drug-likeness (QED) is 0.828. The molecule has 0 saturated heterocycles. The number of rotatable bonds is 2. The van der Waals surface area contributed by atoms with Crippen LogP contribution < -0.4 is 4.90 Å². The molecule has 2 aliphatic rings. The Morgan fingerprint density at radius 3 is 2.00 bits per heavy atom. The minimum Gasteiger partial charge on any atom is -0.481 e. The van der Waals surface area contributed by atoms with Crippen LogP contribution >= 0.6 is 0 Å². The molecular weight excluding hydrogens is 322 g/mol. The first-order valence-corrected chi connectivity index (χ1v) is 8.95. The third-order valence-corrected chi connectivity index (χ3v) is 5.86. The molecule has 2 unspecified atom stereocenters. The number of para-hydroxylation sites is 2. The van der Waals surface area contributed by atoms with Gasteiger partial charge in [0.2, 0.25) is 0 Å². The number of fused-ring (bicyclic) bond motifs is 2. The summed E-state index contributed by atoms with van der Waals surface area (Å²) in [6.07, 6.45) is 7.57. The lowest BCUT2D eigenvalue weighted by molar-refractivity contribution is -0.141. The Morgan fingerprint density at radius 1 is 0.923 bits per heavy atom. The highest BCUT2D eigenvalue weighted by molar-refractivity contribution is 5.84. The van der Waals surface area contributed by atoms with E-state index in [0.29, 0.717) is 0 Å². The molecule has 0 radical (unpaired) electrons. The van der Waals surface area contributed by atoms with Crippen molar-refractivity contribution in [3.8, 4) is 0 Å². The number of allylic oxidation sites excluding steroid dienone is 2. The van der Waals surface area contributed by atoms with Crippen LogP contribution in [0.1, 0.15) is 31.9 Å². The molecule has 2 aromatic carbocycles. The van der Waals surface area contributed by atoms with Gasteiger partial charge in [-0.25, -0.2) is 0 Å². The van der Waals surface area contributed by atoms with Gasteiger partial charge in [0.25, 0.3) is 0 Å². The smallest absolute Gasteiger partial charge is 0.313 e. The predicted octanol–water partition coefficient (Wildman–Crippen LogP) is 5.05. The van der Waals surface area contributed by atoms with Crippen molar-refractivity contribution in [2.75, 3.05) is 4.90 Å². The van der Waals surface area contributed by atoms with Gasteiger partial charge in [0.1, 0.15) is 5.92 Å². The molecule has 26 heavy (non-hydrogen) atoms. The average molecular weight is 345 g/mol. The van der Waals surface area contributed by atoms with Gasteiger partial charge in [0.15, 0.2) is 0 Å². The van der Waals surface area contributed by atoms with Crippen LogP contribution in [0.3, 0.4) is 0 Å². The van der Waals surface area contributed by atoms with E-state index in [2.05, 4.69) is 55.1 Å². The van der Waals surface area contributed by atoms with Gasteiger partial charge >= 0.3 is 5.97 Å². The molecule has 3 nitrogen and oxygen atoms in total. The minimum atomic E-state index is -0.812. The first kappa shape index (κ1) is 16.6. The zero-order chi connectivity index (χ0) is 18.5. The molecule has 3 heteroatoms. The number of benzene rings is 2. The number of hydrogen-bond donors (Lipinski definition) is 1. The summed E-state index contributed by atoms with van der Waals surface area (Å²) in [6.45, 7) is 6.48. The Balaban J connectivity index is 2.03. The summed E-state index contributed by atoms with van der Waals surface area (Å²) in [5.74, 6) is -1.44. The Labute approximate surface area is 154 Å². The molecule has 1 aliphatic carbocycles. The summed E-state index contributed by atoms with van der Waals surface area (Å²) < 4.78 is 0. The highest BCUT2D eigenvalue weighted by atomic mass is 16.4. The monoisotopic (exact) mass is 345 g/mol. The van der Waals surface area contributed by atoms with E-state index in [-0.39, 0.29) is 5.41 Å². The van der Waals surface area contributed by atoms with Crippen molar-refractivity contribution >= 4 is 17.3 Å². The van der Waals surface area contributed by atoms with E-state index in [1.54, 1.807) is 6.08 Å². The van der Waals surface area contributed by atoms with E-state index in [0.717, 1.165) is 11.4 Å².